The molecule has 1 aliphatic heterocycles. The fraction of sp³-hybridized carbons (Fsp3) is 0.364. The van der Waals surface area contributed by atoms with Gasteiger partial charge >= 0.3 is 5.97 Å². The number of hydrogen-bond acceptors (Lipinski definition) is 5. The number of ether oxygens (including phenoxy) is 1. The van der Waals surface area contributed by atoms with Crippen molar-refractivity contribution in [2.24, 2.45) is 0 Å². The molecule has 0 spiro atoms. The first-order valence-corrected chi connectivity index (χ1v) is 5.40. The van der Waals surface area contributed by atoms with E-state index in [-0.39, 0.29) is 0 Å². The van der Waals surface area contributed by atoms with E-state index in [1.54, 1.807) is 18.5 Å². The van der Waals surface area contributed by atoms with Gasteiger partial charge in [-0.3, -0.25) is 10.1 Å². The molecule has 2 aromatic heterocycles. The average molecular weight is 233 g/mol. The SMILES string of the molecule is O=C1OCCCC1(O)c1ccnc2cn[nH]c12. The number of pyridine rings is 1. The van der Waals surface area contributed by atoms with Gasteiger partial charge in [0.15, 0.2) is 5.60 Å². The Morgan fingerprint density at radius 1 is 1.53 bits per heavy atom. The van der Waals surface area contributed by atoms with Crippen LogP contribution in [-0.4, -0.2) is 32.9 Å². The first-order valence-electron chi connectivity index (χ1n) is 5.40. The highest BCUT2D eigenvalue weighted by Crippen LogP contribution is 2.34. The van der Waals surface area contributed by atoms with E-state index in [1.807, 2.05) is 0 Å². The third-order valence-electron chi connectivity index (χ3n) is 3.04. The van der Waals surface area contributed by atoms with Crippen LogP contribution in [-0.2, 0) is 15.1 Å². The summed E-state index contributed by atoms with van der Waals surface area (Å²) in [6.07, 6.45) is 4.09. The lowest BCUT2D eigenvalue weighted by Gasteiger charge is -2.30. The zero-order valence-corrected chi connectivity index (χ0v) is 9.01. The molecule has 1 fully saturated rings. The van der Waals surface area contributed by atoms with Crippen LogP contribution in [0.15, 0.2) is 18.5 Å². The molecule has 1 atom stereocenters. The van der Waals surface area contributed by atoms with Crippen molar-refractivity contribution < 1.29 is 14.6 Å². The maximum absolute atomic E-state index is 11.8. The van der Waals surface area contributed by atoms with Crippen molar-refractivity contribution in [3.8, 4) is 0 Å². The molecule has 0 aliphatic carbocycles. The Morgan fingerprint density at radius 2 is 2.41 bits per heavy atom. The van der Waals surface area contributed by atoms with Gasteiger partial charge in [-0.2, -0.15) is 5.10 Å². The summed E-state index contributed by atoms with van der Waals surface area (Å²) >= 11 is 0. The number of nitrogens with zero attached hydrogens (tertiary/aromatic N) is 2. The van der Waals surface area contributed by atoms with Crippen LogP contribution in [0.5, 0.6) is 0 Å². The monoisotopic (exact) mass is 233 g/mol. The van der Waals surface area contributed by atoms with E-state index in [4.69, 9.17) is 4.74 Å². The number of aromatic nitrogens is 3. The predicted molar refractivity (Wildman–Crippen MR) is 58.0 cm³/mol. The van der Waals surface area contributed by atoms with Crippen LogP contribution in [0, 0.1) is 0 Å². The lowest BCUT2D eigenvalue weighted by atomic mass is 9.87. The zero-order chi connectivity index (χ0) is 11.9. The fourth-order valence-corrected chi connectivity index (χ4v) is 2.15. The van der Waals surface area contributed by atoms with Gasteiger partial charge in [0, 0.05) is 11.8 Å². The van der Waals surface area contributed by atoms with Crippen molar-refractivity contribution >= 4 is 17.0 Å². The molecule has 6 nitrogen and oxygen atoms in total. The van der Waals surface area contributed by atoms with Gasteiger partial charge in [0.05, 0.1) is 18.3 Å². The van der Waals surface area contributed by atoms with Gasteiger partial charge in [-0.25, -0.2) is 4.79 Å². The minimum atomic E-state index is -1.59. The standard InChI is InChI=1S/C11H11N3O3/c15-10-11(16,3-1-5-17-10)7-2-4-12-8-6-13-14-9(7)8/h2,4,6,16H,1,3,5H2,(H,13,14). The van der Waals surface area contributed by atoms with Gasteiger partial charge in [0.25, 0.3) is 0 Å². The van der Waals surface area contributed by atoms with E-state index < -0.39 is 11.6 Å². The van der Waals surface area contributed by atoms with Gasteiger partial charge < -0.3 is 9.84 Å². The number of rotatable bonds is 1. The highest BCUT2D eigenvalue weighted by atomic mass is 16.6. The van der Waals surface area contributed by atoms with Crippen LogP contribution in [0.1, 0.15) is 18.4 Å². The Labute approximate surface area is 96.6 Å². The lowest BCUT2D eigenvalue weighted by molar-refractivity contribution is -0.174. The maximum atomic E-state index is 11.8. The van der Waals surface area contributed by atoms with Gasteiger partial charge in [-0.15, -0.1) is 0 Å². The van der Waals surface area contributed by atoms with Crippen LogP contribution in [0.25, 0.3) is 11.0 Å². The number of carbonyl (C=O) groups excluding carboxylic acids is 1. The molecule has 3 heterocycles. The summed E-state index contributed by atoms with van der Waals surface area (Å²) in [5.74, 6) is -0.606. The van der Waals surface area contributed by atoms with E-state index in [0.717, 1.165) is 0 Å². The number of aromatic amines is 1. The van der Waals surface area contributed by atoms with Gasteiger partial charge in [0.1, 0.15) is 5.52 Å². The van der Waals surface area contributed by atoms with Crippen molar-refractivity contribution in [1.82, 2.24) is 15.2 Å². The molecule has 3 rings (SSSR count). The summed E-state index contributed by atoms with van der Waals surface area (Å²) in [4.78, 5) is 15.9. The second-order valence-electron chi connectivity index (χ2n) is 4.09. The molecule has 1 unspecified atom stereocenters. The first kappa shape index (κ1) is 10.2. The molecular formula is C11H11N3O3. The topological polar surface area (TPSA) is 88.1 Å². The predicted octanol–water partition coefficient (Wildman–Crippen LogP) is 0.482. The highest BCUT2D eigenvalue weighted by molar-refractivity contribution is 5.88. The number of carbonyl (C=O) groups is 1. The second-order valence-corrected chi connectivity index (χ2v) is 4.09. The van der Waals surface area contributed by atoms with Crippen molar-refractivity contribution in [3.05, 3.63) is 24.0 Å². The summed E-state index contributed by atoms with van der Waals surface area (Å²) in [6.45, 7) is 0.359. The van der Waals surface area contributed by atoms with E-state index in [1.165, 1.54) is 0 Å². The van der Waals surface area contributed by atoms with Crippen molar-refractivity contribution in [2.75, 3.05) is 6.61 Å². The normalized spacial score (nSPS) is 24.9. The Balaban J connectivity index is 2.19. The van der Waals surface area contributed by atoms with E-state index >= 15 is 0 Å². The van der Waals surface area contributed by atoms with Crippen LogP contribution < -0.4 is 0 Å². The maximum Gasteiger partial charge on any atom is 0.342 e. The van der Waals surface area contributed by atoms with Crippen molar-refractivity contribution in [3.63, 3.8) is 0 Å². The molecule has 0 aromatic carbocycles. The molecule has 17 heavy (non-hydrogen) atoms. The number of nitrogens with one attached hydrogen (secondary N) is 1. The molecule has 2 N–H and O–H groups in total. The Hall–Kier alpha value is -1.95. The van der Waals surface area contributed by atoms with Gasteiger partial charge in [-0.05, 0) is 18.9 Å². The molecule has 2 aromatic rings. The second kappa shape index (κ2) is 3.53. The van der Waals surface area contributed by atoms with Crippen LogP contribution in [0.3, 0.4) is 0 Å². The summed E-state index contributed by atoms with van der Waals surface area (Å²) in [6, 6.07) is 1.62. The minimum absolute atomic E-state index is 0.351. The molecule has 88 valence electrons. The quantitative estimate of drug-likeness (QED) is 0.699. The number of cyclic esters (lactones) is 1. The molecular weight excluding hydrogens is 222 g/mol. The largest absolute Gasteiger partial charge is 0.463 e. The van der Waals surface area contributed by atoms with Crippen LogP contribution in [0.2, 0.25) is 0 Å². The zero-order valence-electron chi connectivity index (χ0n) is 9.01. The summed E-state index contributed by atoms with van der Waals surface area (Å²) < 4.78 is 4.93. The van der Waals surface area contributed by atoms with Crippen LogP contribution in [0.4, 0.5) is 0 Å². The van der Waals surface area contributed by atoms with Crippen LogP contribution >= 0.6 is 0 Å². The summed E-state index contributed by atoms with van der Waals surface area (Å²) in [5.41, 5.74) is 0.0826. The molecule has 1 aliphatic rings. The number of fused-ring (bicyclic) bond motifs is 1. The molecule has 6 heteroatoms. The summed E-state index contributed by atoms with van der Waals surface area (Å²) in [7, 11) is 0. The fourth-order valence-electron chi connectivity index (χ4n) is 2.15. The average Bonchev–Trinajstić information content (AvgIpc) is 2.81. The van der Waals surface area contributed by atoms with E-state index in [2.05, 4.69) is 15.2 Å². The molecule has 0 amide bonds. The Morgan fingerprint density at radius 3 is 3.24 bits per heavy atom. The summed E-state index contributed by atoms with van der Waals surface area (Å²) in [5, 5.41) is 17.1. The Kier molecular flexibility index (Phi) is 2.12. The number of hydrogen-bond donors (Lipinski definition) is 2. The molecule has 0 radical (unpaired) electrons. The van der Waals surface area contributed by atoms with E-state index in [0.29, 0.717) is 36.0 Å². The highest BCUT2D eigenvalue weighted by Gasteiger charge is 2.43. The minimum Gasteiger partial charge on any atom is -0.463 e. The van der Waals surface area contributed by atoms with Gasteiger partial charge in [0.2, 0.25) is 0 Å². The van der Waals surface area contributed by atoms with E-state index in [9.17, 15) is 9.90 Å². The Bertz CT molecular complexity index is 580. The van der Waals surface area contributed by atoms with Crippen molar-refractivity contribution in [1.29, 1.82) is 0 Å². The third kappa shape index (κ3) is 1.41. The number of H-pyrrole nitrogens is 1. The molecule has 0 saturated carbocycles. The number of esters is 1. The molecule has 1 saturated heterocycles. The number of aliphatic hydroxyl groups is 1. The molecule has 0 bridgehead atoms. The van der Waals surface area contributed by atoms with Gasteiger partial charge in [-0.1, -0.05) is 0 Å². The smallest absolute Gasteiger partial charge is 0.342 e. The first-order chi connectivity index (χ1) is 8.22. The van der Waals surface area contributed by atoms with Crippen molar-refractivity contribution in [2.45, 2.75) is 18.4 Å². The lowest BCUT2D eigenvalue weighted by Crippen LogP contribution is -2.41. The third-order valence-corrected chi connectivity index (χ3v) is 3.04.